The van der Waals surface area contributed by atoms with Gasteiger partial charge in [-0.3, -0.25) is 9.59 Å². The van der Waals surface area contributed by atoms with Crippen molar-refractivity contribution in [1.82, 2.24) is 15.5 Å². The molecule has 1 heterocycles. The van der Waals surface area contributed by atoms with Crippen molar-refractivity contribution in [3.63, 3.8) is 0 Å². The van der Waals surface area contributed by atoms with Crippen LogP contribution >= 0.6 is 0 Å². The van der Waals surface area contributed by atoms with Gasteiger partial charge in [-0.05, 0) is 75.4 Å². The first-order chi connectivity index (χ1) is 14.6. The van der Waals surface area contributed by atoms with Crippen LogP contribution in [0.15, 0.2) is 18.2 Å². The van der Waals surface area contributed by atoms with E-state index in [9.17, 15) is 27.2 Å². The summed E-state index contributed by atoms with van der Waals surface area (Å²) in [4.78, 5) is 26.4. The summed E-state index contributed by atoms with van der Waals surface area (Å²) in [5.41, 5.74) is -1.21. The summed E-state index contributed by atoms with van der Waals surface area (Å²) in [5, 5.41) is 5.32. The number of benzene rings is 1. The first-order valence-electron chi connectivity index (χ1n) is 10.7. The van der Waals surface area contributed by atoms with Crippen LogP contribution in [0.1, 0.15) is 48.0 Å². The fourth-order valence-electron chi connectivity index (χ4n) is 4.29. The predicted octanol–water partition coefficient (Wildman–Crippen LogP) is 3.42. The molecule has 0 atom stereocenters. The third kappa shape index (κ3) is 5.56. The minimum Gasteiger partial charge on any atom is -0.354 e. The van der Waals surface area contributed by atoms with Crippen LogP contribution in [-0.2, 0) is 4.79 Å². The Bertz CT molecular complexity index is 780. The Morgan fingerprint density at radius 3 is 2.35 bits per heavy atom. The van der Waals surface area contributed by atoms with E-state index in [1.165, 1.54) is 12.1 Å². The number of carbonyl (C=O) groups is 2. The number of rotatable bonds is 7. The van der Waals surface area contributed by atoms with Crippen LogP contribution in [0.25, 0.3) is 0 Å². The fourth-order valence-corrected chi connectivity index (χ4v) is 4.29. The molecule has 2 aliphatic rings. The molecular formula is C22H29F4N3O2. The van der Waals surface area contributed by atoms with Crippen LogP contribution in [0.5, 0.6) is 0 Å². The Balaban J connectivity index is 1.35. The monoisotopic (exact) mass is 443 g/mol. The molecule has 1 saturated heterocycles. The van der Waals surface area contributed by atoms with Crippen LogP contribution in [-0.4, -0.2) is 55.6 Å². The molecule has 5 nitrogen and oxygen atoms in total. The van der Waals surface area contributed by atoms with Gasteiger partial charge >= 0.3 is 6.18 Å². The van der Waals surface area contributed by atoms with E-state index in [0.717, 1.165) is 25.9 Å². The lowest BCUT2D eigenvalue weighted by atomic mass is 9.67. The molecule has 3 rings (SSSR count). The van der Waals surface area contributed by atoms with Gasteiger partial charge in [0, 0.05) is 25.2 Å². The largest absolute Gasteiger partial charge is 0.403 e. The van der Waals surface area contributed by atoms with Gasteiger partial charge in [-0.25, -0.2) is 4.39 Å². The Labute approximate surface area is 179 Å². The van der Waals surface area contributed by atoms with E-state index < -0.39 is 23.3 Å². The van der Waals surface area contributed by atoms with Crippen molar-refractivity contribution in [2.75, 3.05) is 32.7 Å². The van der Waals surface area contributed by atoms with Crippen molar-refractivity contribution in [3.05, 3.63) is 35.1 Å². The average molecular weight is 443 g/mol. The first-order valence-corrected chi connectivity index (χ1v) is 10.7. The Hall–Kier alpha value is -2.16. The third-order valence-electron chi connectivity index (χ3n) is 6.46. The second kappa shape index (κ2) is 9.54. The molecule has 172 valence electrons. The van der Waals surface area contributed by atoms with Crippen molar-refractivity contribution in [1.29, 1.82) is 0 Å². The number of halogens is 4. The second-order valence-electron chi connectivity index (χ2n) is 8.70. The molecule has 1 aromatic rings. The zero-order valence-corrected chi connectivity index (χ0v) is 17.7. The van der Waals surface area contributed by atoms with Crippen LogP contribution < -0.4 is 10.6 Å². The van der Waals surface area contributed by atoms with Gasteiger partial charge in [0.15, 0.2) is 0 Å². The van der Waals surface area contributed by atoms with E-state index in [1.807, 2.05) is 0 Å². The van der Waals surface area contributed by atoms with E-state index in [4.69, 9.17) is 0 Å². The molecule has 1 aromatic carbocycles. The molecule has 2 amide bonds. The predicted molar refractivity (Wildman–Crippen MR) is 108 cm³/mol. The topological polar surface area (TPSA) is 61.4 Å². The highest BCUT2D eigenvalue weighted by atomic mass is 19.4. The molecule has 0 bridgehead atoms. The number of nitrogens with zero attached hydrogens (tertiary/aromatic N) is 1. The zero-order valence-electron chi connectivity index (χ0n) is 17.7. The van der Waals surface area contributed by atoms with E-state index >= 15 is 0 Å². The van der Waals surface area contributed by atoms with Gasteiger partial charge in [0.2, 0.25) is 5.91 Å². The minimum atomic E-state index is -4.50. The SMILES string of the molecule is Cc1cc(F)cc(C(=O)NCC2CCN(CCNC(=O)C3(C(F)(F)F)CCC3)CC2)c1. The number of likely N-dealkylation sites (tertiary alicyclic amines) is 1. The fraction of sp³-hybridized carbons (Fsp3) is 0.636. The standard InChI is InChI=1S/C22H29F4N3O2/c1-15-11-17(13-18(23)12-15)19(30)28-14-16-3-8-29(9-4-16)10-7-27-20(31)21(5-2-6-21)22(24,25)26/h11-13,16H,2-10,14H2,1H3,(H,27,31)(H,28,30). The van der Waals surface area contributed by atoms with E-state index in [2.05, 4.69) is 15.5 Å². The van der Waals surface area contributed by atoms with Gasteiger partial charge in [0.05, 0.1) is 0 Å². The Morgan fingerprint density at radius 2 is 1.81 bits per heavy atom. The Kier molecular flexibility index (Phi) is 7.24. The van der Waals surface area contributed by atoms with Crippen molar-refractivity contribution in [2.24, 2.45) is 11.3 Å². The summed E-state index contributed by atoms with van der Waals surface area (Å²) < 4.78 is 53.0. The minimum absolute atomic E-state index is 0.130. The maximum Gasteiger partial charge on any atom is 0.403 e. The summed E-state index contributed by atoms with van der Waals surface area (Å²) in [7, 11) is 0. The van der Waals surface area contributed by atoms with Crippen LogP contribution in [0.2, 0.25) is 0 Å². The van der Waals surface area contributed by atoms with E-state index in [1.54, 1.807) is 13.0 Å². The highest BCUT2D eigenvalue weighted by Gasteiger charge is 2.63. The molecule has 9 heteroatoms. The molecule has 31 heavy (non-hydrogen) atoms. The zero-order chi connectivity index (χ0) is 22.6. The van der Waals surface area contributed by atoms with Gasteiger partial charge in [-0.1, -0.05) is 6.42 Å². The first kappa shape index (κ1) is 23.5. The lowest BCUT2D eigenvalue weighted by Crippen LogP contribution is -2.55. The van der Waals surface area contributed by atoms with Crippen molar-refractivity contribution >= 4 is 11.8 Å². The molecular weight excluding hydrogens is 414 g/mol. The second-order valence-corrected chi connectivity index (χ2v) is 8.70. The highest BCUT2D eigenvalue weighted by molar-refractivity contribution is 5.94. The highest BCUT2D eigenvalue weighted by Crippen LogP contribution is 2.53. The summed E-state index contributed by atoms with van der Waals surface area (Å²) in [6.07, 6.45) is -2.66. The molecule has 2 N–H and O–H groups in total. The summed E-state index contributed by atoms with van der Waals surface area (Å²) in [5.74, 6) is -1.37. The summed E-state index contributed by atoms with van der Waals surface area (Å²) in [6.45, 7) is 4.42. The number of nitrogens with one attached hydrogen (secondary N) is 2. The van der Waals surface area contributed by atoms with Crippen LogP contribution in [0.3, 0.4) is 0 Å². The lowest BCUT2D eigenvalue weighted by Gasteiger charge is -2.41. The van der Waals surface area contributed by atoms with Gasteiger partial charge in [0.25, 0.3) is 5.91 Å². The van der Waals surface area contributed by atoms with Gasteiger partial charge in [-0.2, -0.15) is 13.2 Å². The van der Waals surface area contributed by atoms with Crippen molar-refractivity contribution in [3.8, 4) is 0 Å². The number of amides is 2. The number of hydrogen-bond acceptors (Lipinski definition) is 3. The molecule has 2 fully saturated rings. The molecule has 1 aliphatic carbocycles. The van der Waals surface area contributed by atoms with Crippen LogP contribution in [0.4, 0.5) is 17.6 Å². The average Bonchev–Trinajstić information content (AvgIpc) is 2.64. The normalized spacial score (nSPS) is 19.5. The number of aryl methyl sites for hydroxylation is 1. The molecule has 0 unspecified atom stereocenters. The number of piperidine rings is 1. The molecule has 0 aromatic heterocycles. The van der Waals surface area contributed by atoms with Gasteiger partial charge in [-0.15, -0.1) is 0 Å². The van der Waals surface area contributed by atoms with Gasteiger partial charge in [0.1, 0.15) is 11.2 Å². The van der Waals surface area contributed by atoms with Crippen molar-refractivity contribution in [2.45, 2.75) is 45.2 Å². The van der Waals surface area contributed by atoms with Gasteiger partial charge < -0.3 is 15.5 Å². The number of hydrogen-bond donors (Lipinski definition) is 2. The smallest absolute Gasteiger partial charge is 0.354 e. The molecule has 0 spiro atoms. The maximum absolute atomic E-state index is 13.5. The summed E-state index contributed by atoms with van der Waals surface area (Å²) >= 11 is 0. The number of alkyl halides is 3. The molecule has 1 aliphatic heterocycles. The molecule has 1 saturated carbocycles. The number of carbonyl (C=O) groups excluding carboxylic acids is 2. The quantitative estimate of drug-likeness (QED) is 0.635. The van der Waals surface area contributed by atoms with Crippen LogP contribution in [0, 0.1) is 24.1 Å². The lowest BCUT2D eigenvalue weighted by molar-refractivity contribution is -0.243. The third-order valence-corrected chi connectivity index (χ3v) is 6.46. The maximum atomic E-state index is 13.5. The summed E-state index contributed by atoms with van der Waals surface area (Å²) in [6, 6.07) is 4.22. The Morgan fingerprint density at radius 1 is 1.13 bits per heavy atom. The van der Waals surface area contributed by atoms with Crippen molar-refractivity contribution < 1.29 is 27.2 Å². The van der Waals surface area contributed by atoms with E-state index in [0.29, 0.717) is 30.6 Å². The molecule has 0 radical (unpaired) electrons. The van der Waals surface area contributed by atoms with E-state index in [-0.39, 0.29) is 31.2 Å².